The van der Waals surface area contributed by atoms with Gasteiger partial charge in [-0.25, -0.2) is 4.98 Å². The van der Waals surface area contributed by atoms with Gasteiger partial charge >= 0.3 is 0 Å². The Morgan fingerprint density at radius 1 is 1.08 bits per heavy atom. The molecule has 4 rings (SSSR count). The first-order valence-corrected chi connectivity index (χ1v) is 9.04. The third-order valence-corrected chi connectivity index (χ3v) is 4.96. The third kappa shape index (κ3) is 3.54. The smallest absolute Gasteiger partial charge is 0.227 e. The van der Waals surface area contributed by atoms with E-state index in [2.05, 4.69) is 10.3 Å². The molecule has 1 aromatic heterocycles. The van der Waals surface area contributed by atoms with E-state index in [0.717, 1.165) is 42.5 Å². The van der Waals surface area contributed by atoms with E-state index in [1.807, 2.05) is 30.3 Å². The standard InChI is InChI=1S/C20H19ClN2O2/c21-15-8-11-18-17(12-15)23-20(25-18)14-6-9-16(10-7-14)22-19(24)13-4-2-1-3-5-13/h6-13H,1-5H2,(H,22,24). The van der Waals surface area contributed by atoms with Crippen molar-refractivity contribution < 1.29 is 9.21 Å². The monoisotopic (exact) mass is 354 g/mol. The highest BCUT2D eigenvalue weighted by Crippen LogP contribution is 2.28. The molecule has 1 saturated carbocycles. The fraction of sp³-hybridized carbons (Fsp3) is 0.300. The molecular weight excluding hydrogens is 336 g/mol. The summed E-state index contributed by atoms with van der Waals surface area (Å²) in [5, 5.41) is 3.65. The highest BCUT2D eigenvalue weighted by atomic mass is 35.5. The normalized spacial score (nSPS) is 15.4. The number of anilines is 1. The Kier molecular flexibility index (Phi) is 4.45. The van der Waals surface area contributed by atoms with Crippen LogP contribution in [0.25, 0.3) is 22.6 Å². The van der Waals surface area contributed by atoms with Gasteiger partial charge in [0.05, 0.1) is 0 Å². The van der Waals surface area contributed by atoms with E-state index < -0.39 is 0 Å². The van der Waals surface area contributed by atoms with Crippen LogP contribution in [0.4, 0.5) is 5.69 Å². The average molecular weight is 355 g/mol. The maximum Gasteiger partial charge on any atom is 0.227 e. The zero-order valence-electron chi connectivity index (χ0n) is 13.8. The van der Waals surface area contributed by atoms with E-state index in [9.17, 15) is 4.79 Å². The summed E-state index contributed by atoms with van der Waals surface area (Å²) in [7, 11) is 0. The summed E-state index contributed by atoms with van der Waals surface area (Å²) in [5.41, 5.74) is 3.10. The zero-order chi connectivity index (χ0) is 17.2. The average Bonchev–Trinajstić information content (AvgIpc) is 3.06. The summed E-state index contributed by atoms with van der Waals surface area (Å²) in [6.45, 7) is 0. The predicted molar refractivity (Wildman–Crippen MR) is 99.7 cm³/mol. The summed E-state index contributed by atoms with van der Waals surface area (Å²) in [5.74, 6) is 0.821. The number of aromatic nitrogens is 1. The van der Waals surface area contributed by atoms with Crippen LogP contribution >= 0.6 is 11.6 Å². The topological polar surface area (TPSA) is 55.1 Å². The number of oxazole rings is 1. The Bertz CT molecular complexity index is 896. The Labute approximate surface area is 151 Å². The summed E-state index contributed by atoms with van der Waals surface area (Å²) in [4.78, 5) is 16.8. The maximum absolute atomic E-state index is 12.3. The lowest BCUT2D eigenvalue weighted by Crippen LogP contribution is -2.24. The SMILES string of the molecule is O=C(Nc1ccc(-c2nc3cc(Cl)ccc3o2)cc1)C1CCCCC1. The van der Waals surface area contributed by atoms with Crippen LogP contribution in [0.15, 0.2) is 46.9 Å². The van der Waals surface area contributed by atoms with Crippen molar-refractivity contribution in [1.82, 2.24) is 4.98 Å². The van der Waals surface area contributed by atoms with Gasteiger partial charge in [0.2, 0.25) is 11.8 Å². The lowest BCUT2D eigenvalue weighted by Gasteiger charge is -2.20. The minimum absolute atomic E-state index is 0.129. The highest BCUT2D eigenvalue weighted by Gasteiger charge is 2.21. The van der Waals surface area contributed by atoms with Gasteiger partial charge in [-0.2, -0.15) is 0 Å². The van der Waals surface area contributed by atoms with E-state index in [1.54, 1.807) is 12.1 Å². The molecule has 1 aliphatic rings. The lowest BCUT2D eigenvalue weighted by molar-refractivity contribution is -0.120. The van der Waals surface area contributed by atoms with Crippen LogP contribution in [0.3, 0.4) is 0 Å². The maximum atomic E-state index is 12.3. The first-order chi connectivity index (χ1) is 12.2. The number of fused-ring (bicyclic) bond motifs is 1. The van der Waals surface area contributed by atoms with Crippen molar-refractivity contribution in [3.8, 4) is 11.5 Å². The van der Waals surface area contributed by atoms with Gasteiger partial charge in [0, 0.05) is 22.2 Å². The molecule has 1 aliphatic carbocycles. The van der Waals surface area contributed by atoms with Crippen molar-refractivity contribution >= 4 is 34.3 Å². The van der Waals surface area contributed by atoms with Crippen molar-refractivity contribution in [2.75, 3.05) is 5.32 Å². The van der Waals surface area contributed by atoms with Crippen LogP contribution in [0.2, 0.25) is 5.02 Å². The van der Waals surface area contributed by atoms with Gasteiger partial charge < -0.3 is 9.73 Å². The fourth-order valence-electron chi connectivity index (χ4n) is 3.33. The molecule has 1 fully saturated rings. The van der Waals surface area contributed by atoms with Crippen LogP contribution < -0.4 is 5.32 Å². The molecule has 0 aliphatic heterocycles. The van der Waals surface area contributed by atoms with Crippen LogP contribution in [-0.2, 0) is 4.79 Å². The molecule has 4 nitrogen and oxygen atoms in total. The zero-order valence-corrected chi connectivity index (χ0v) is 14.6. The van der Waals surface area contributed by atoms with E-state index in [1.165, 1.54) is 6.42 Å². The van der Waals surface area contributed by atoms with E-state index in [-0.39, 0.29) is 11.8 Å². The summed E-state index contributed by atoms with van der Waals surface area (Å²) in [6, 6.07) is 13.0. The first-order valence-electron chi connectivity index (χ1n) is 8.66. The number of carbonyl (C=O) groups excluding carboxylic acids is 1. The third-order valence-electron chi connectivity index (χ3n) is 4.72. The predicted octanol–water partition coefficient (Wildman–Crippen LogP) is 5.67. The molecule has 2 aromatic carbocycles. The van der Waals surface area contributed by atoms with E-state index >= 15 is 0 Å². The van der Waals surface area contributed by atoms with Crippen LogP contribution in [0.1, 0.15) is 32.1 Å². The van der Waals surface area contributed by atoms with Crippen LogP contribution in [0.5, 0.6) is 0 Å². The van der Waals surface area contributed by atoms with Gasteiger partial charge in [-0.3, -0.25) is 4.79 Å². The molecular formula is C20H19ClN2O2. The van der Waals surface area contributed by atoms with Gasteiger partial charge in [0.15, 0.2) is 5.58 Å². The van der Waals surface area contributed by atoms with Gasteiger partial charge in [0.25, 0.3) is 0 Å². The van der Waals surface area contributed by atoms with Crippen molar-refractivity contribution in [3.63, 3.8) is 0 Å². The van der Waals surface area contributed by atoms with Crippen molar-refractivity contribution in [2.24, 2.45) is 5.92 Å². The Morgan fingerprint density at radius 2 is 1.84 bits per heavy atom. The van der Waals surface area contributed by atoms with Crippen molar-refractivity contribution in [2.45, 2.75) is 32.1 Å². The summed E-state index contributed by atoms with van der Waals surface area (Å²) >= 11 is 5.99. The second kappa shape index (κ2) is 6.89. The first kappa shape index (κ1) is 16.2. The number of carbonyl (C=O) groups is 1. The number of amides is 1. The van der Waals surface area contributed by atoms with Gasteiger partial charge in [0.1, 0.15) is 5.52 Å². The molecule has 0 spiro atoms. The Hall–Kier alpha value is -2.33. The van der Waals surface area contributed by atoms with Gasteiger partial charge in [-0.05, 0) is 55.3 Å². The number of halogens is 1. The quantitative estimate of drug-likeness (QED) is 0.659. The minimum atomic E-state index is 0.129. The molecule has 0 saturated heterocycles. The summed E-state index contributed by atoms with van der Waals surface area (Å²) in [6.07, 6.45) is 5.54. The molecule has 1 heterocycles. The number of nitrogens with zero attached hydrogens (tertiary/aromatic N) is 1. The van der Waals surface area contributed by atoms with E-state index in [4.69, 9.17) is 16.0 Å². The molecule has 1 N–H and O–H groups in total. The number of hydrogen-bond acceptors (Lipinski definition) is 3. The van der Waals surface area contributed by atoms with Gasteiger partial charge in [-0.1, -0.05) is 30.9 Å². The molecule has 25 heavy (non-hydrogen) atoms. The minimum Gasteiger partial charge on any atom is -0.436 e. The molecule has 0 unspecified atom stereocenters. The van der Waals surface area contributed by atoms with Crippen molar-refractivity contribution in [1.29, 1.82) is 0 Å². The second-order valence-corrected chi connectivity index (χ2v) is 6.97. The fourth-order valence-corrected chi connectivity index (χ4v) is 3.50. The Morgan fingerprint density at radius 3 is 2.60 bits per heavy atom. The lowest BCUT2D eigenvalue weighted by atomic mass is 9.88. The summed E-state index contributed by atoms with van der Waals surface area (Å²) < 4.78 is 5.77. The molecule has 0 bridgehead atoms. The largest absolute Gasteiger partial charge is 0.436 e. The van der Waals surface area contributed by atoms with Crippen LogP contribution in [-0.4, -0.2) is 10.9 Å². The van der Waals surface area contributed by atoms with Crippen LogP contribution in [0, 0.1) is 5.92 Å². The molecule has 5 heteroatoms. The molecule has 3 aromatic rings. The molecule has 0 atom stereocenters. The number of nitrogens with one attached hydrogen (secondary N) is 1. The molecule has 128 valence electrons. The molecule has 0 radical (unpaired) electrons. The number of rotatable bonds is 3. The van der Waals surface area contributed by atoms with Gasteiger partial charge in [-0.15, -0.1) is 0 Å². The Balaban J connectivity index is 1.49. The molecule has 1 amide bonds. The van der Waals surface area contributed by atoms with Crippen molar-refractivity contribution in [3.05, 3.63) is 47.5 Å². The number of benzene rings is 2. The van der Waals surface area contributed by atoms with E-state index in [0.29, 0.717) is 16.5 Å². The second-order valence-electron chi connectivity index (χ2n) is 6.53. The highest BCUT2D eigenvalue weighted by molar-refractivity contribution is 6.31. The number of hydrogen-bond donors (Lipinski definition) is 1.